The molecule has 0 bridgehead atoms. The summed E-state index contributed by atoms with van der Waals surface area (Å²) >= 11 is 0. The molecule has 0 saturated carbocycles. The predicted molar refractivity (Wildman–Crippen MR) is 13.8 cm³/mol. The Labute approximate surface area is 88.3 Å². The molecule has 0 radical (unpaired) electrons. The van der Waals surface area contributed by atoms with Gasteiger partial charge in [0.1, 0.15) is 0 Å². The quantitative estimate of drug-likeness (QED) is 0.460. The van der Waals surface area contributed by atoms with Crippen LogP contribution in [0, 0.1) is 11.8 Å². The molecule has 0 aromatic rings. The van der Waals surface area contributed by atoms with Crippen LogP contribution < -0.4 is 0 Å². The molecule has 0 aliphatic heterocycles. The Morgan fingerprint density at radius 1 is 1.25 bits per heavy atom. The van der Waals surface area contributed by atoms with Crippen molar-refractivity contribution in [3.05, 3.63) is 0 Å². The van der Waals surface area contributed by atoms with E-state index in [2.05, 4.69) is 6.57 Å². The van der Waals surface area contributed by atoms with Crippen molar-refractivity contribution in [3.8, 4) is 6.57 Å². The first-order valence-electron chi connectivity index (χ1n) is 0.258. The van der Waals surface area contributed by atoms with E-state index in [0.29, 0.717) is 0 Å². The van der Waals surface area contributed by atoms with E-state index < -0.39 is 0 Å². The molecule has 0 atom stereocenters. The van der Waals surface area contributed by atoms with Crippen LogP contribution in [-0.4, -0.2) is 51.4 Å². The summed E-state index contributed by atoms with van der Waals surface area (Å²) in [5.74, 6) is 0. The second kappa shape index (κ2) is 19.7. The van der Waals surface area contributed by atoms with Gasteiger partial charge in [-0.3, -0.25) is 0 Å². The van der Waals surface area contributed by atoms with Crippen LogP contribution in [-0.2, 0) is 27.3 Å². The first kappa shape index (κ1) is 16.6. The van der Waals surface area contributed by atoms with Gasteiger partial charge in [0.05, 0.1) is 0 Å². The standard InChI is InChI=1S/CHN.Cd.K.H/c1-2;;;/h1H;;;. The molecular weight excluding hydrogens is 178 g/mol. The van der Waals surface area contributed by atoms with E-state index in [0.717, 1.165) is 0 Å². The van der Waals surface area contributed by atoms with Crippen molar-refractivity contribution in [1.82, 2.24) is 0 Å². The van der Waals surface area contributed by atoms with E-state index in [1.807, 2.05) is 0 Å². The van der Waals surface area contributed by atoms with Crippen LogP contribution in [0.25, 0.3) is 0 Å². The number of hydrogen-bond acceptors (Lipinski definition) is 1. The Hall–Kier alpha value is 2.05. The SMILES string of the molecule is C#N.[Cd].[KH]. The molecule has 0 spiro atoms. The Bertz CT molecular complexity index is 12.8. The van der Waals surface area contributed by atoms with Crippen LogP contribution >= 0.6 is 0 Å². The molecule has 0 aromatic heterocycles. The molecule has 1 nitrogen and oxygen atoms in total. The van der Waals surface area contributed by atoms with Crippen LogP contribution in [0.15, 0.2) is 0 Å². The summed E-state index contributed by atoms with van der Waals surface area (Å²) in [5, 5.41) is 6.50. The van der Waals surface area contributed by atoms with Crippen LogP contribution in [0.5, 0.6) is 0 Å². The van der Waals surface area contributed by atoms with Gasteiger partial charge in [-0.2, -0.15) is 0 Å². The van der Waals surface area contributed by atoms with E-state index in [4.69, 9.17) is 5.26 Å². The van der Waals surface area contributed by atoms with E-state index in [1.54, 1.807) is 0 Å². The third-order valence-corrected chi connectivity index (χ3v) is 0. The van der Waals surface area contributed by atoms with Gasteiger partial charge < -0.3 is 0 Å². The summed E-state index contributed by atoms with van der Waals surface area (Å²) in [6.07, 6.45) is 0. The van der Waals surface area contributed by atoms with Crippen LogP contribution in [0.2, 0.25) is 0 Å². The van der Waals surface area contributed by atoms with E-state index in [-0.39, 0.29) is 78.7 Å². The van der Waals surface area contributed by atoms with Crippen molar-refractivity contribution >= 4 is 51.4 Å². The van der Waals surface area contributed by atoms with Crippen molar-refractivity contribution in [3.63, 3.8) is 0 Å². The molecule has 0 aromatic carbocycles. The maximum atomic E-state index is 6.50. The molecule has 0 saturated heterocycles. The molecule has 0 rings (SSSR count). The zero-order chi connectivity index (χ0) is 2.00. The second-order valence-corrected chi connectivity index (χ2v) is 0. The van der Waals surface area contributed by atoms with Crippen LogP contribution in [0.3, 0.4) is 0 Å². The Balaban J connectivity index is -0.00000000500. The monoisotopic (exact) mass is 181 g/mol. The predicted octanol–water partition coefficient (Wildman–Crippen LogP) is -0.511. The number of rotatable bonds is 0. The van der Waals surface area contributed by atoms with Gasteiger partial charge >= 0.3 is 51.4 Å². The molecule has 0 aliphatic rings. The normalized spacial score (nSPS) is 0.500. The molecule has 4 heavy (non-hydrogen) atoms. The summed E-state index contributed by atoms with van der Waals surface area (Å²) in [7, 11) is 0. The van der Waals surface area contributed by atoms with Gasteiger partial charge in [0.15, 0.2) is 0 Å². The molecule has 0 N–H and O–H groups in total. The first-order chi connectivity index (χ1) is 1.00. The Morgan fingerprint density at radius 2 is 1.25 bits per heavy atom. The van der Waals surface area contributed by atoms with Gasteiger partial charge in [-0.1, -0.05) is 0 Å². The first-order valence-corrected chi connectivity index (χ1v) is 0.258. The zero-order valence-electron chi connectivity index (χ0n) is 1.73. The summed E-state index contributed by atoms with van der Waals surface area (Å²) < 4.78 is 0. The van der Waals surface area contributed by atoms with Crippen molar-refractivity contribution in [2.45, 2.75) is 0 Å². The minimum atomic E-state index is 0. The summed E-state index contributed by atoms with van der Waals surface area (Å²) in [6, 6.07) is 0. The minimum absolute atomic E-state index is 0. The van der Waals surface area contributed by atoms with Gasteiger partial charge in [-0.25, -0.2) is 5.26 Å². The molecule has 0 unspecified atom stereocenters. The third-order valence-electron chi connectivity index (χ3n) is 0. The average molecular weight is 180 g/mol. The summed E-state index contributed by atoms with van der Waals surface area (Å²) in [4.78, 5) is 0. The van der Waals surface area contributed by atoms with E-state index in [1.165, 1.54) is 0 Å². The Morgan fingerprint density at radius 3 is 1.25 bits per heavy atom. The van der Waals surface area contributed by atoms with Gasteiger partial charge in [-0.05, 0) is 0 Å². The van der Waals surface area contributed by atoms with Gasteiger partial charge in [0.25, 0.3) is 0 Å². The van der Waals surface area contributed by atoms with Gasteiger partial charge in [0, 0.05) is 33.9 Å². The summed E-state index contributed by atoms with van der Waals surface area (Å²) in [6.45, 7) is 3.50. The molecular formula is CH2CdKN. The molecule has 0 amide bonds. The fourth-order valence-corrected chi connectivity index (χ4v) is 0. The number of nitrogens with zero attached hydrogens (tertiary/aromatic N) is 1. The van der Waals surface area contributed by atoms with Crippen LogP contribution in [0.4, 0.5) is 0 Å². The van der Waals surface area contributed by atoms with Crippen molar-refractivity contribution in [1.29, 1.82) is 5.26 Å². The van der Waals surface area contributed by atoms with Crippen molar-refractivity contribution < 1.29 is 27.3 Å². The van der Waals surface area contributed by atoms with E-state index >= 15 is 0 Å². The molecule has 0 aliphatic carbocycles. The molecule has 0 heterocycles. The molecule has 0 fully saturated rings. The Kier molecular flexibility index (Phi) is 81.8. The topological polar surface area (TPSA) is 23.8 Å². The average Bonchev–Trinajstić information content (AvgIpc) is 1.00. The maximum absolute atomic E-state index is 6.50. The van der Waals surface area contributed by atoms with Crippen molar-refractivity contribution in [2.75, 3.05) is 0 Å². The second-order valence-electron chi connectivity index (χ2n) is 0. The van der Waals surface area contributed by atoms with Crippen molar-refractivity contribution in [2.24, 2.45) is 0 Å². The zero-order valence-corrected chi connectivity index (χ0v) is 5.77. The van der Waals surface area contributed by atoms with Gasteiger partial charge in [-0.15, -0.1) is 0 Å². The molecule has 3 heteroatoms. The van der Waals surface area contributed by atoms with E-state index in [9.17, 15) is 0 Å². The fraction of sp³-hybridized carbons (Fsp3) is 0. The number of hydrogen-bond donors (Lipinski definition) is 0. The van der Waals surface area contributed by atoms with Gasteiger partial charge in [0.2, 0.25) is 0 Å². The summed E-state index contributed by atoms with van der Waals surface area (Å²) in [5.41, 5.74) is 0. The fourth-order valence-electron chi connectivity index (χ4n) is 0. The number of nitriles is 1. The molecule has 14 valence electrons. The third kappa shape index (κ3) is 8.97. The van der Waals surface area contributed by atoms with Crippen LogP contribution in [0.1, 0.15) is 0 Å².